The minimum Gasteiger partial charge on any atom is -0.402 e. The molecule has 0 bridgehead atoms. The average molecular weight is 149 g/mol. The van der Waals surface area contributed by atoms with Gasteiger partial charge in [-0.25, -0.2) is 0 Å². The van der Waals surface area contributed by atoms with Crippen LogP contribution in [-0.4, -0.2) is 0 Å². The van der Waals surface area contributed by atoms with Crippen molar-refractivity contribution in [3.8, 4) is 0 Å². The fourth-order valence-corrected chi connectivity index (χ4v) is 0.848. The van der Waals surface area contributed by atoms with Gasteiger partial charge in [-0.15, -0.1) is 0 Å². The minimum atomic E-state index is 0.670. The van der Waals surface area contributed by atoms with Crippen LogP contribution in [0.15, 0.2) is 36.1 Å². The van der Waals surface area contributed by atoms with Crippen molar-refractivity contribution in [2.45, 2.75) is 19.8 Å². The van der Waals surface area contributed by atoms with Gasteiger partial charge in [-0.1, -0.05) is 24.3 Å². The van der Waals surface area contributed by atoms with E-state index < -0.39 is 0 Å². The molecule has 0 heterocycles. The van der Waals surface area contributed by atoms with E-state index in [-0.39, 0.29) is 0 Å². The van der Waals surface area contributed by atoms with Crippen LogP contribution in [0.5, 0.6) is 0 Å². The van der Waals surface area contributed by atoms with Crippen molar-refractivity contribution in [2.75, 3.05) is 0 Å². The first-order valence-corrected chi connectivity index (χ1v) is 4.00. The molecule has 1 saturated carbocycles. The molecule has 0 unspecified atom stereocenters. The monoisotopic (exact) mass is 149 g/mol. The van der Waals surface area contributed by atoms with Crippen LogP contribution in [0.25, 0.3) is 0 Å². The molecular weight excluding hydrogens is 134 g/mol. The Hall–Kier alpha value is -0.980. The van der Waals surface area contributed by atoms with Crippen molar-refractivity contribution in [1.29, 1.82) is 0 Å². The molecule has 60 valence electrons. The standard InChI is InChI=1S/C10H15N/c1-3-8(2)4-7-10(11)9-5-6-9/h3-4,7,9H,1,5-6,11H2,2H3/b8-4-,10-7-. The van der Waals surface area contributed by atoms with Gasteiger partial charge >= 0.3 is 0 Å². The number of nitrogens with two attached hydrogens (primary N) is 1. The highest BCUT2D eigenvalue weighted by Crippen LogP contribution is 2.33. The Morgan fingerprint density at radius 2 is 2.09 bits per heavy atom. The van der Waals surface area contributed by atoms with Gasteiger partial charge in [0, 0.05) is 5.70 Å². The lowest BCUT2D eigenvalue weighted by Crippen LogP contribution is -1.97. The van der Waals surface area contributed by atoms with E-state index in [4.69, 9.17) is 5.73 Å². The summed E-state index contributed by atoms with van der Waals surface area (Å²) in [5, 5.41) is 0. The maximum atomic E-state index is 5.76. The van der Waals surface area contributed by atoms with Gasteiger partial charge in [0.25, 0.3) is 0 Å². The first kappa shape index (κ1) is 8.12. The topological polar surface area (TPSA) is 26.0 Å². The van der Waals surface area contributed by atoms with E-state index in [2.05, 4.69) is 6.58 Å². The van der Waals surface area contributed by atoms with Gasteiger partial charge in [0.2, 0.25) is 0 Å². The largest absolute Gasteiger partial charge is 0.402 e. The highest BCUT2D eigenvalue weighted by Gasteiger charge is 2.23. The Bertz CT molecular complexity index is 207. The predicted octanol–water partition coefficient (Wildman–Crippen LogP) is 2.37. The summed E-state index contributed by atoms with van der Waals surface area (Å²) < 4.78 is 0. The Morgan fingerprint density at radius 3 is 2.55 bits per heavy atom. The number of rotatable bonds is 3. The Balaban J connectivity index is 2.49. The zero-order valence-corrected chi connectivity index (χ0v) is 7.01. The molecule has 0 saturated heterocycles. The van der Waals surface area contributed by atoms with E-state index in [9.17, 15) is 0 Å². The van der Waals surface area contributed by atoms with Crippen molar-refractivity contribution >= 4 is 0 Å². The van der Waals surface area contributed by atoms with Gasteiger partial charge in [-0.2, -0.15) is 0 Å². The van der Waals surface area contributed by atoms with E-state index >= 15 is 0 Å². The first-order chi connectivity index (χ1) is 5.24. The maximum Gasteiger partial charge on any atom is 0.0112 e. The van der Waals surface area contributed by atoms with Gasteiger partial charge in [-0.3, -0.25) is 0 Å². The maximum absolute atomic E-state index is 5.76. The van der Waals surface area contributed by atoms with Crippen molar-refractivity contribution < 1.29 is 0 Å². The Kier molecular flexibility index (Phi) is 2.53. The van der Waals surface area contributed by atoms with Crippen molar-refractivity contribution in [1.82, 2.24) is 0 Å². The summed E-state index contributed by atoms with van der Waals surface area (Å²) in [6.07, 6.45) is 8.37. The predicted molar refractivity (Wildman–Crippen MR) is 48.9 cm³/mol. The van der Waals surface area contributed by atoms with Crippen LogP contribution in [0.4, 0.5) is 0 Å². The third-order valence-electron chi connectivity index (χ3n) is 1.91. The summed E-state index contributed by atoms with van der Waals surface area (Å²) in [5.41, 5.74) is 7.94. The van der Waals surface area contributed by atoms with E-state index in [1.807, 2.05) is 25.2 Å². The van der Waals surface area contributed by atoms with E-state index in [0.717, 1.165) is 11.3 Å². The molecular formula is C10H15N. The molecule has 2 N–H and O–H groups in total. The van der Waals surface area contributed by atoms with E-state index in [0.29, 0.717) is 5.92 Å². The van der Waals surface area contributed by atoms with Crippen LogP contribution in [0.2, 0.25) is 0 Å². The van der Waals surface area contributed by atoms with Gasteiger partial charge in [0.05, 0.1) is 0 Å². The summed E-state index contributed by atoms with van der Waals surface area (Å²) in [4.78, 5) is 0. The fourth-order valence-electron chi connectivity index (χ4n) is 0.848. The molecule has 1 nitrogen and oxygen atoms in total. The molecule has 0 aromatic heterocycles. The summed E-state index contributed by atoms with van der Waals surface area (Å²) in [7, 11) is 0. The molecule has 0 aromatic rings. The molecule has 0 spiro atoms. The molecule has 1 aliphatic carbocycles. The lowest BCUT2D eigenvalue weighted by atomic mass is 10.2. The second-order valence-electron chi connectivity index (χ2n) is 3.06. The lowest BCUT2D eigenvalue weighted by molar-refractivity contribution is 0.980. The van der Waals surface area contributed by atoms with E-state index in [1.165, 1.54) is 12.8 Å². The molecule has 1 heteroatoms. The highest BCUT2D eigenvalue weighted by atomic mass is 14.6. The number of hydrogen-bond acceptors (Lipinski definition) is 1. The fraction of sp³-hybridized carbons (Fsp3) is 0.400. The molecule has 0 aromatic carbocycles. The first-order valence-electron chi connectivity index (χ1n) is 4.00. The zero-order chi connectivity index (χ0) is 8.27. The van der Waals surface area contributed by atoms with Gasteiger partial charge < -0.3 is 5.73 Å². The van der Waals surface area contributed by atoms with Crippen LogP contribution in [-0.2, 0) is 0 Å². The van der Waals surface area contributed by atoms with Crippen LogP contribution in [0.1, 0.15) is 19.8 Å². The van der Waals surface area contributed by atoms with Crippen LogP contribution >= 0.6 is 0 Å². The molecule has 0 atom stereocenters. The van der Waals surface area contributed by atoms with Crippen LogP contribution < -0.4 is 5.73 Å². The molecule has 0 amide bonds. The van der Waals surface area contributed by atoms with Gasteiger partial charge in [0.1, 0.15) is 0 Å². The molecule has 1 rings (SSSR count). The molecule has 0 radical (unpaired) electrons. The summed E-state index contributed by atoms with van der Waals surface area (Å²) in [6.45, 7) is 5.68. The quantitative estimate of drug-likeness (QED) is 0.612. The van der Waals surface area contributed by atoms with Gasteiger partial charge in [-0.05, 0) is 31.8 Å². The molecule has 1 aliphatic rings. The summed E-state index contributed by atoms with van der Waals surface area (Å²) >= 11 is 0. The van der Waals surface area contributed by atoms with Crippen molar-refractivity contribution in [3.63, 3.8) is 0 Å². The zero-order valence-electron chi connectivity index (χ0n) is 7.01. The summed E-state index contributed by atoms with van der Waals surface area (Å²) in [5.74, 6) is 0.670. The normalized spacial score (nSPS) is 20.1. The Morgan fingerprint density at radius 1 is 1.45 bits per heavy atom. The number of allylic oxidation sites excluding steroid dienone is 5. The third-order valence-corrected chi connectivity index (χ3v) is 1.91. The van der Waals surface area contributed by atoms with Crippen molar-refractivity contribution in [3.05, 3.63) is 36.1 Å². The molecule has 0 aliphatic heterocycles. The smallest absolute Gasteiger partial charge is 0.0112 e. The van der Waals surface area contributed by atoms with E-state index in [1.54, 1.807) is 0 Å². The minimum absolute atomic E-state index is 0.670. The van der Waals surface area contributed by atoms with Crippen LogP contribution in [0, 0.1) is 5.92 Å². The average Bonchev–Trinajstić information content (AvgIpc) is 2.81. The highest BCUT2D eigenvalue weighted by molar-refractivity contribution is 5.23. The Labute approximate surface area is 68.3 Å². The molecule has 1 fully saturated rings. The SMILES string of the molecule is C=C/C(C)=C\C=C(/N)C1CC1. The second-order valence-corrected chi connectivity index (χ2v) is 3.06. The number of hydrogen-bond donors (Lipinski definition) is 1. The van der Waals surface area contributed by atoms with Crippen LogP contribution in [0.3, 0.4) is 0 Å². The van der Waals surface area contributed by atoms with Gasteiger partial charge in [0.15, 0.2) is 0 Å². The van der Waals surface area contributed by atoms with Crippen molar-refractivity contribution in [2.24, 2.45) is 11.7 Å². The lowest BCUT2D eigenvalue weighted by Gasteiger charge is -1.93. The summed E-state index contributed by atoms with van der Waals surface area (Å²) in [6, 6.07) is 0. The second kappa shape index (κ2) is 3.42. The molecule has 11 heavy (non-hydrogen) atoms. The third kappa shape index (κ3) is 2.62.